The summed E-state index contributed by atoms with van der Waals surface area (Å²) < 4.78 is 46.6. The molecule has 6 nitrogen and oxygen atoms in total. The molecule has 0 aliphatic carbocycles. The minimum atomic E-state index is -3.83. The van der Waals surface area contributed by atoms with Gasteiger partial charge in [0.15, 0.2) is 0 Å². The Hall–Kier alpha value is -3.52. The maximum atomic E-state index is 13.4. The molecule has 0 unspecified atom stereocenters. The number of aryl methyl sites for hydroxylation is 1. The van der Waals surface area contributed by atoms with Crippen molar-refractivity contribution in [1.82, 2.24) is 10.2 Å². The van der Waals surface area contributed by atoms with Gasteiger partial charge < -0.3 is 4.42 Å². The Morgan fingerprint density at radius 3 is 2.10 bits per heavy atom. The van der Waals surface area contributed by atoms with Crippen LogP contribution in [0.15, 0.2) is 82.1 Å². The summed E-state index contributed by atoms with van der Waals surface area (Å²) in [6, 6.07) is 19.6. The molecule has 1 N–H and O–H groups in total. The molecule has 0 fully saturated rings. The van der Waals surface area contributed by atoms with Crippen molar-refractivity contribution >= 4 is 15.7 Å². The first-order chi connectivity index (χ1) is 13.9. The van der Waals surface area contributed by atoms with Crippen LogP contribution in [-0.4, -0.2) is 18.6 Å². The SMILES string of the molecule is Cc1cc(S(=O)(=O)Nc2ccc(-c3nnc(-c4ccccc4)o3)cc2)ccc1F. The number of aromatic nitrogens is 2. The first-order valence-electron chi connectivity index (χ1n) is 8.71. The first-order valence-corrected chi connectivity index (χ1v) is 10.2. The lowest BCUT2D eigenvalue weighted by Crippen LogP contribution is -2.13. The minimum Gasteiger partial charge on any atom is -0.416 e. The van der Waals surface area contributed by atoms with Gasteiger partial charge in [-0.05, 0) is 67.1 Å². The number of anilines is 1. The van der Waals surface area contributed by atoms with Gasteiger partial charge in [0, 0.05) is 16.8 Å². The number of benzene rings is 3. The number of nitrogens with zero attached hydrogens (tertiary/aromatic N) is 2. The predicted octanol–water partition coefficient (Wildman–Crippen LogP) is 4.65. The van der Waals surface area contributed by atoms with Crippen LogP contribution in [0.1, 0.15) is 5.56 Å². The van der Waals surface area contributed by atoms with Gasteiger partial charge in [-0.1, -0.05) is 18.2 Å². The van der Waals surface area contributed by atoms with Gasteiger partial charge in [-0.3, -0.25) is 4.72 Å². The van der Waals surface area contributed by atoms with Crippen molar-refractivity contribution in [3.8, 4) is 22.9 Å². The standard InChI is InChI=1S/C21H16FN3O3S/c1-14-13-18(11-12-19(14)22)29(26,27)25-17-9-7-16(8-10-17)21-24-23-20(28-21)15-5-3-2-4-6-15/h2-13,25H,1H3. The molecule has 0 atom stereocenters. The van der Waals surface area contributed by atoms with Crippen LogP contribution >= 0.6 is 0 Å². The van der Waals surface area contributed by atoms with E-state index < -0.39 is 15.8 Å². The molecule has 4 aromatic rings. The molecule has 146 valence electrons. The number of hydrogen-bond donors (Lipinski definition) is 1. The summed E-state index contributed by atoms with van der Waals surface area (Å²) in [7, 11) is -3.83. The van der Waals surface area contributed by atoms with E-state index in [9.17, 15) is 12.8 Å². The minimum absolute atomic E-state index is 0.00937. The van der Waals surface area contributed by atoms with Crippen molar-refractivity contribution in [3.05, 3.63) is 84.2 Å². The maximum Gasteiger partial charge on any atom is 0.261 e. The third kappa shape index (κ3) is 4.02. The van der Waals surface area contributed by atoms with E-state index >= 15 is 0 Å². The number of nitrogens with one attached hydrogen (secondary N) is 1. The fourth-order valence-corrected chi connectivity index (χ4v) is 3.86. The Morgan fingerprint density at radius 2 is 1.48 bits per heavy atom. The van der Waals surface area contributed by atoms with E-state index in [2.05, 4.69) is 14.9 Å². The van der Waals surface area contributed by atoms with Gasteiger partial charge in [-0.2, -0.15) is 0 Å². The largest absolute Gasteiger partial charge is 0.416 e. The molecule has 8 heteroatoms. The van der Waals surface area contributed by atoms with Gasteiger partial charge >= 0.3 is 0 Å². The van der Waals surface area contributed by atoms with Crippen molar-refractivity contribution < 1.29 is 17.2 Å². The van der Waals surface area contributed by atoms with E-state index in [-0.39, 0.29) is 10.5 Å². The molecule has 0 radical (unpaired) electrons. The van der Waals surface area contributed by atoms with Gasteiger partial charge in [0.05, 0.1) is 4.90 Å². The number of halogens is 1. The number of hydrogen-bond acceptors (Lipinski definition) is 5. The molecule has 4 rings (SSSR count). The van der Waals surface area contributed by atoms with Gasteiger partial charge in [-0.25, -0.2) is 12.8 Å². The summed E-state index contributed by atoms with van der Waals surface area (Å²) in [5, 5.41) is 8.08. The van der Waals surface area contributed by atoms with Crippen LogP contribution in [0.5, 0.6) is 0 Å². The second-order valence-corrected chi connectivity index (χ2v) is 8.05. The molecule has 1 aromatic heterocycles. The fourth-order valence-electron chi connectivity index (χ4n) is 2.72. The van der Waals surface area contributed by atoms with Crippen LogP contribution < -0.4 is 4.72 Å². The van der Waals surface area contributed by atoms with Crippen LogP contribution in [-0.2, 0) is 10.0 Å². The third-order valence-electron chi connectivity index (χ3n) is 4.27. The molecular formula is C21H16FN3O3S. The van der Waals surface area contributed by atoms with Crippen molar-refractivity contribution in [3.63, 3.8) is 0 Å². The average molecular weight is 409 g/mol. The van der Waals surface area contributed by atoms with E-state index in [1.807, 2.05) is 30.3 Å². The van der Waals surface area contributed by atoms with E-state index in [0.29, 0.717) is 23.0 Å². The molecular weight excluding hydrogens is 393 g/mol. The monoisotopic (exact) mass is 409 g/mol. The van der Waals surface area contributed by atoms with Crippen LogP contribution in [0.2, 0.25) is 0 Å². The van der Waals surface area contributed by atoms with Gasteiger partial charge in [0.2, 0.25) is 11.8 Å². The summed E-state index contributed by atoms with van der Waals surface area (Å²) >= 11 is 0. The van der Waals surface area contributed by atoms with Crippen LogP contribution in [0, 0.1) is 12.7 Å². The molecule has 0 saturated carbocycles. The summed E-state index contributed by atoms with van der Waals surface area (Å²) in [6.45, 7) is 1.51. The lowest BCUT2D eigenvalue weighted by Gasteiger charge is -2.09. The molecule has 3 aromatic carbocycles. The van der Waals surface area contributed by atoms with Crippen molar-refractivity contribution in [1.29, 1.82) is 0 Å². The summed E-state index contributed by atoms with van der Waals surface area (Å²) in [4.78, 5) is -0.00937. The molecule has 0 saturated heterocycles. The highest BCUT2D eigenvalue weighted by Crippen LogP contribution is 2.25. The summed E-state index contributed by atoms with van der Waals surface area (Å²) in [5.41, 5.74) is 2.08. The molecule has 1 heterocycles. The second-order valence-electron chi connectivity index (χ2n) is 6.37. The van der Waals surface area contributed by atoms with Crippen LogP contribution in [0.25, 0.3) is 22.9 Å². The van der Waals surface area contributed by atoms with Gasteiger partial charge in [0.25, 0.3) is 10.0 Å². The lowest BCUT2D eigenvalue weighted by atomic mass is 10.2. The maximum absolute atomic E-state index is 13.4. The van der Waals surface area contributed by atoms with Crippen molar-refractivity contribution in [2.75, 3.05) is 4.72 Å². The van der Waals surface area contributed by atoms with E-state index in [0.717, 1.165) is 11.6 Å². The van der Waals surface area contributed by atoms with E-state index in [1.165, 1.54) is 19.1 Å². The normalized spacial score (nSPS) is 11.4. The smallest absolute Gasteiger partial charge is 0.261 e. The first kappa shape index (κ1) is 18.8. The summed E-state index contributed by atoms with van der Waals surface area (Å²) in [6.07, 6.45) is 0. The zero-order valence-electron chi connectivity index (χ0n) is 15.3. The van der Waals surface area contributed by atoms with E-state index in [4.69, 9.17) is 4.42 Å². The molecule has 0 amide bonds. The molecule has 0 aliphatic heterocycles. The third-order valence-corrected chi connectivity index (χ3v) is 5.65. The van der Waals surface area contributed by atoms with Crippen molar-refractivity contribution in [2.24, 2.45) is 0 Å². The Morgan fingerprint density at radius 1 is 0.862 bits per heavy atom. The van der Waals surface area contributed by atoms with E-state index in [1.54, 1.807) is 24.3 Å². The molecule has 0 aliphatic rings. The highest BCUT2D eigenvalue weighted by atomic mass is 32.2. The van der Waals surface area contributed by atoms with Crippen LogP contribution in [0.3, 0.4) is 0 Å². The highest BCUT2D eigenvalue weighted by molar-refractivity contribution is 7.92. The van der Waals surface area contributed by atoms with Gasteiger partial charge in [0.1, 0.15) is 5.82 Å². The quantitative estimate of drug-likeness (QED) is 0.519. The fraction of sp³-hybridized carbons (Fsp3) is 0.0476. The Bertz CT molecular complexity index is 1250. The zero-order valence-corrected chi connectivity index (χ0v) is 16.2. The number of rotatable bonds is 5. The Balaban J connectivity index is 1.54. The zero-order chi connectivity index (χ0) is 20.4. The molecule has 0 bridgehead atoms. The van der Waals surface area contributed by atoms with Crippen molar-refractivity contribution in [2.45, 2.75) is 11.8 Å². The average Bonchev–Trinajstić information content (AvgIpc) is 3.21. The predicted molar refractivity (Wildman–Crippen MR) is 107 cm³/mol. The Labute approximate surface area is 167 Å². The van der Waals surface area contributed by atoms with Crippen LogP contribution in [0.4, 0.5) is 10.1 Å². The molecule has 0 spiro atoms. The topological polar surface area (TPSA) is 85.1 Å². The summed E-state index contributed by atoms with van der Waals surface area (Å²) in [5.74, 6) is 0.271. The lowest BCUT2D eigenvalue weighted by molar-refractivity contribution is 0.584. The van der Waals surface area contributed by atoms with Gasteiger partial charge in [-0.15, -0.1) is 10.2 Å². The molecule has 29 heavy (non-hydrogen) atoms. The Kier molecular flexibility index (Phi) is 4.85. The highest BCUT2D eigenvalue weighted by Gasteiger charge is 2.16. The number of sulfonamides is 1. The second kappa shape index (κ2) is 7.48.